The molecule has 0 bridgehead atoms. The van der Waals surface area contributed by atoms with E-state index in [-0.39, 0.29) is 12.5 Å². The van der Waals surface area contributed by atoms with E-state index >= 15 is 0 Å². The third-order valence-corrected chi connectivity index (χ3v) is 4.81. The van der Waals surface area contributed by atoms with Crippen LogP contribution < -0.4 is 0 Å². The minimum atomic E-state index is 0.256. The molecule has 0 aromatic carbocycles. The summed E-state index contributed by atoms with van der Waals surface area (Å²) < 4.78 is 0. The Kier molecular flexibility index (Phi) is 4.53. The Morgan fingerprint density at radius 1 is 1.44 bits per heavy atom. The number of thioether (sulfide) groups is 1. The molecular formula is C12H21NO2S. The molecule has 0 saturated carbocycles. The Labute approximate surface area is 102 Å². The van der Waals surface area contributed by atoms with Crippen molar-refractivity contribution in [2.24, 2.45) is 11.8 Å². The van der Waals surface area contributed by atoms with Crippen LogP contribution in [0.15, 0.2) is 0 Å². The molecule has 2 aliphatic rings. The van der Waals surface area contributed by atoms with Crippen molar-refractivity contribution >= 4 is 17.7 Å². The normalized spacial score (nSPS) is 30.7. The Morgan fingerprint density at radius 3 is 3.00 bits per heavy atom. The van der Waals surface area contributed by atoms with Gasteiger partial charge in [0.15, 0.2) is 0 Å². The van der Waals surface area contributed by atoms with E-state index in [1.807, 2.05) is 16.7 Å². The van der Waals surface area contributed by atoms with Crippen molar-refractivity contribution in [3.05, 3.63) is 0 Å². The molecule has 2 fully saturated rings. The zero-order valence-corrected chi connectivity index (χ0v) is 10.5. The molecule has 4 heteroatoms. The van der Waals surface area contributed by atoms with Gasteiger partial charge in [-0.15, -0.1) is 0 Å². The number of carbonyl (C=O) groups excluding carboxylic acids is 1. The first kappa shape index (κ1) is 12.2. The Balaban J connectivity index is 1.85. The van der Waals surface area contributed by atoms with Crippen molar-refractivity contribution in [2.75, 3.05) is 31.2 Å². The quantitative estimate of drug-likeness (QED) is 0.813. The third-order valence-electron chi connectivity index (χ3n) is 3.65. The number of carbonyl (C=O) groups is 1. The topological polar surface area (TPSA) is 40.5 Å². The molecule has 0 spiro atoms. The van der Waals surface area contributed by atoms with Gasteiger partial charge < -0.3 is 10.0 Å². The lowest BCUT2D eigenvalue weighted by Gasteiger charge is -2.34. The Morgan fingerprint density at radius 2 is 2.31 bits per heavy atom. The van der Waals surface area contributed by atoms with Gasteiger partial charge >= 0.3 is 0 Å². The van der Waals surface area contributed by atoms with Crippen LogP contribution in [-0.2, 0) is 4.79 Å². The highest BCUT2D eigenvalue weighted by Gasteiger charge is 2.30. The first-order valence-electron chi connectivity index (χ1n) is 6.28. The molecule has 1 N–H and O–H groups in total. The molecule has 0 radical (unpaired) electrons. The van der Waals surface area contributed by atoms with Crippen molar-refractivity contribution in [1.29, 1.82) is 0 Å². The molecule has 0 aromatic rings. The van der Waals surface area contributed by atoms with E-state index in [0.29, 0.717) is 11.8 Å². The molecule has 2 aliphatic heterocycles. The van der Waals surface area contributed by atoms with E-state index in [2.05, 4.69) is 0 Å². The minimum absolute atomic E-state index is 0.256. The van der Waals surface area contributed by atoms with Gasteiger partial charge in [-0.05, 0) is 37.4 Å². The van der Waals surface area contributed by atoms with E-state index in [1.54, 1.807) is 0 Å². The van der Waals surface area contributed by atoms with Gasteiger partial charge in [-0.3, -0.25) is 4.79 Å². The van der Waals surface area contributed by atoms with Crippen LogP contribution in [0.1, 0.15) is 25.7 Å². The second-order valence-corrected chi connectivity index (χ2v) is 6.02. The predicted octanol–water partition coefficient (Wildman–Crippen LogP) is 1.36. The number of aliphatic hydroxyl groups excluding tert-OH is 1. The third kappa shape index (κ3) is 2.92. The van der Waals surface area contributed by atoms with Gasteiger partial charge in [0, 0.05) is 31.4 Å². The Hall–Kier alpha value is -0.220. The Bertz CT molecular complexity index is 239. The molecule has 1 amide bonds. The fourth-order valence-corrected chi connectivity index (χ4v) is 3.88. The average molecular weight is 243 g/mol. The van der Waals surface area contributed by atoms with Crippen LogP contribution >= 0.6 is 11.8 Å². The van der Waals surface area contributed by atoms with Crippen molar-refractivity contribution in [2.45, 2.75) is 25.7 Å². The molecule has 0 aliphatic carbocycles. The number of aliphatic hydroxyl groups is 1. The molecule has 2 unspecified atom stereocenters. The lowest BCUT2D eigenvalue weighted by molar-refractivity contribution is -0.136. The average Bonchev–Trinajstić information content (AvgIpc) is 2.82. The van der Waals surface area contributed by atoms with E-state index < -0.39 is 0 Å². The molecule has 0 aromatic heterocycles. The van der Waals surface area contributed by atoms with Crippen LogP contribution in [-0.4, -0.2) is 47.1 Å². The number of piperidine rings is 1. The number of hydrogen-bond acceptors (Lipinski definition) is 3. The second-order valence-electron chi connectivity index (χ2n) is 4.87. The van der Waals surface area contributed by atoms with E-state index in [0.717, 1.165) is 43.9 Å². The maximum atomic E-state index is 12.2. The summed E-state index contributed by atoms with van der Waals surface area (Å²) in [5.74, 6) is 3.33. The first-order chi connectivity index (χ1) is 7.81. The molecule has 16 heavy (non-hydrogen) atoms. The summed E-state index contributed by atoms with van der Waals surface area (Å²) in [7, 11) is 0. The largest absolute Gasteiger partial charge is 0.396 e. The van der Waals surface area contributed by atoms with E-state index in [9.17, 15) is 4.79 Å². The van der Waals surface area contributed by atoms with Crippen LogP contribution in [0.25, 0.3) is 0 Å². The minimum Gasteiger partial charge on any atom is -0.396 e. The SMILES string of the molecule is O=C(C1CCSC1)N1CCCC(CCO)C1. The lowest BCUT2D eigenvalue weighted by Crippen LogP contribution is -2.43. The summed E-state index contributed by atoms with van der Waals surface area (Å²) in [5.41, 5.74) is 0. The van der Waals surface area contributed by atoms with Crippen molar-refractivity contribution in [1.82, 2.24) is 4.90 Å². The van der Waals surface area contributed by atoms with Crippen molar-refractivity contribution < 1.29 is 9.90 Å². The molecule has 2 atom stereocenters. The monoisotopic (exact) mass is 243 g/mol. The lowest BCUT2D eigenvalue weighted by atomic mass is 9.94. The zero-order chi connectivity index (χ0) is 11.4. The second kappa shape index (κ2) is 5.92. The zero-order valence-electron chi connectivity index (χ0n) is 9.73. The summed E-state index contributed by atoms with van der Waals surface area (Å²) in [4.78, 5) is 14.2. The fourth-order valence-electron chi connectivity index (χ4n) is 2.67. The first-order valence-corrected chi connectivity index (χ1v) is 7.44. The van der Waals surface area contributed by atoms with Crippen LogP contribution in [0.5, 0.6) is 0 Å². The fraction of sp³-hybridized carbons (Fsp3) is 0.917. The molecule has 2 heterocycles. The predicted molar refractivity (Wildman–Crippen MR) is 66.4 cm³/mol. The smallest absolute Gasteiger partial charge is 0.226 e. The summed E-state index contributed by atoms with van der Waals surface area (Å²) in [6.45, 7) is 2.06. The highest BCUT2D eigenvalue weighted by atomic mass is 32.2. The molecular weight excluding hydrogens is 222 g/mol. The van der Waals surface area contributed by atoms with Gasteiger partial charge in [0.2, 0.25) is 5.91 Å². The van der Waals surface area contributed by atoms with Gasteiger partial charge in [0.05, 0.1) is 0 Å². The van der Waals surface area contributed by atoms with Crippen molar-refractivity contribution in [3.8, 4) is 0 Å². The highest BCUT2D eigenvalue weighted by molar-refractivity contribution is 7.99. The number of hydrogen-bond donors (Lipinski definition) is 1. The molecule has 92 valence electrons. The van der Waals surface area contributed by atoms with E-state index in [1.165, 1.54) is 6.42 Å². The van der Waals surface area contributed by atoms with Gasteiger partial charge in [-0.2, -0.15) is 11.8 Å². The number of rotatable bonds is 3. The summed E-state index contributed by atoms with van der Waals surface area (Å²) in [5, 5.41) is 8.95. The van der Waals surface area contributed by atoms with Crippen LogP contribution in [0, 0.1) is 11.8 Å². The standard InChI is InChI=1S/C12H21NO2S/c14-6-3-10-2-1-5-13(8-10)12(15)11-4-7-16-9-11/h10-11,14H,1-9H2. The number of likely N-dealkylation sites (tertiary alicyclic amines) is 1. The summed E-state index contributed by atoms with van der Waals surface area (Å²) >= 11 is 1.90. The van der Waals surface area contributed by atoms with Gasteiger partial charge in [0.25, 0.3) is 0 Å². The van der Waals surface area contributed by atoms with Crippen LogP contribution in [0.4, 0.5) is 0 Å². The van der Waals surface area contributed by atoms with Crippen molar-refractivity contribution in [3.63, 3.8) is 0 Å². The summed E-state index contributed by atoms with van der Waals surface area (Å²) in [6, 6.07) is 0. The molecule has 2 saturated heterocycles. The van der Waals surface area contributed by atoms with Gasteiger partial charge in [-0.1, -0.05) is 0 Å². The number of amides is 1. The van der Waals surface area contributed by atoms with Gasteiger partial charge in [-0.25, -0.2) is 0 Å². The molecule has 3 nitrogen and oxygen atoms in total. The maximum Gasteiger partial charge on any atom is 0.226 e. The maximum absolute atomic E-state index is 12.2. The number of nitrogens with zero attached hydrogens (tertiary/aromatic N) is 1. The van der Waals surface area contributed by atoms with E-state index in [4.69, 9.17) is 5.11 Å². The summed E-state index contributed by atoms with van der Waals surface area (Å²) in [6.07, 6.45) is 4.19. The highest BCUT2D eigenvalue weighted by Crippen LogP contribution is 2.27. The van der Waals surface area contributed by atoms with Crippen LogP contribution in [0.3, 0.4) is 0 Å². The molecule has 2 rings (SSSR count). The van der Waals surface area contributed by atoms with Gasteiger partial charge in [0.1, 0.15) is 0 Å². The van der Waals surface area contributed by atoms with Crippen LogP contribution in [0.2, 0.25) is 0 Å².